The molecule has 0 amide bonds. The van der Waals surface area contributed by atoms with Crippen LogP contribution in [0.25, 0.3) is 17.4 Å². The van der Waals surface area contributed by atoms with Gasteiger partial charge < -0.3 is 15.2 Å². The van der Waals surface area contributed by atoms with Crippen molar-refractivity contribution in [1.29, 1.82) is 0 Å². The van der Waals surface area contributed by atoms with Crippen LogP contribution in [0.5, 0.6) is 0 Å². The molecule has 5 rings (SSSR count). The lowest BCUT2D eigenvalue weighted by atomic mass is 10.1. The topological polar surface area (TPSA) is 82.1 Å². The lowest BCUT2D eigenvalue weighted by Crippen LogP contribution is -2.49. The van der Waals surface area contributed by atoms with Gasteiger partial charge in [-0.1, -0.05) is 30.3 Å². The molecular weight excluding hydrogens is 362 g/mol. The van der Waals surface area contributed by atoms with Crippen molar-refractivity contribution in [3.8, 4) is 0 Å². The van der Waals surface area contributed by atoms with E-state index in [0.717, 1.165) is 27.6 Å². The molecule has 4 aromatic rings. The van der Waals surface area contributed by atoms with Gasteiger partial charge in [0, 0.05) is 17.1 Å². The van der Waals surface area contributed by atoms with E-state index in [4.69, 9.17) is 4.99 Å². The van der Waals surface area contributed by atoms with Crippen molar-refractivity contribution in [2.24, 2.45) is 4.99 Å². The summed E-state index contributed by atoms with van der Waals surface area (Å²) in [4.78, 5) is 23.2. The highest BCUT2D eigenvalue weighted by Crippen LogP contribution is 2.23. The fourth-order valence-electron chi connectivity index (χ4n) is 3.71. The van der Waals surface area contributed by atoms with Crippen molar-refractivity contribution in [3.05, 3.63) is 77.3 Å². The predicted octanol–water partition coefficient (Wildman–Crippen LogP) is 2.37. The number of aryl methyl sites for hydroxylation is 1. The maximum absolute atomic E-state index is 5.09. The Morgan fingerprint density at radius 2 is 1.90 bits per heavy atom. The number of rotatable bonds is 4. The Bertz CT molecular complexity index is 1280. The van der Waals surface area contributed by atoms with E-state index in [1.54, 1.807) is 6.33 Å². The largest absolute Gasteiger partial charge is 0.362 e. The first-order valence-corrected chi connectivity index (χ1v) is 9.60. The maximum Gasteiger partial charge on any atom is 0.182 e. The Kier molecular flexibility index (Phi) is 4.20. The highest BCUT2D eigenvalue weighted by atomic mass is 15.3. The Hall–Kier alpha value is -3.74. The van der Waals surface area contributed by atoms with Crippen molar-refractivity contribution in [2.45, 2.75) is 26.1 Å². The summed E-state index contributed by atoms with van der Waals surface area (Å²) in [7, 11) is 0. The number of hydrogen-bond donors (Lipinski definition) is 2. The molecule has 2 atom stereocenters. The number of anilines is 2. The van der Waals surface area contributed by atoms with Gasteiger partial charge in [-0.15, -0.1) is 0 Å². The van der Waals surface area contributed by atoms with Gasteiger partial charge in [-0.2, -0.15) is 0 Å². The van der Waals surface area contributed by atoms with Crippen molar-refractivity contribution in [3.63, 3.8) is 0 Å². The van der Waals surface area contributed by atoms with Crippen molar-refractivity contribution in [2.75, 3.05) is 10.2 Å². The standard InChI is InChI=1S/C22H21N7/c1-14-7-6-10-18-17(14)11-29(16-8-4-3-5-9-16)22(28-18)15(2)27-21-19-20(24-12-23-19)25-13-26-21/h3-13,15,22H,1-2H3,(H2,23,24,25,26,27). The number of para-hydroxylation sites is 1. The number of imidazole rings is 1. The van der Waals surface area contributed by atoms with Crippen LogP contribution in [0.3, 0.4) is 0 Å². The Morgan fingerprint density at radius 1 is 1.03 bits per heavy atom. The fourth-order valence-corrected chi connectivity index (χ4v) is 3.71. The second-order valence-corrected chi connectivity index (χ2v) is 7.18. The summed E-state index contributed by atoms with van der Waals surface area (Å²) < 4.78 is 0. The van der Waals surface area contributed by atoms with Crippen LogP contribution in [-0.4, -0.2) is 32.1 Å². The molecule has 0 saturated carbocycles. The van der Waals surface area contributed by atoms with Gasteiger partial charge in [-0.25, -0.2) is 15.0 Å². The molecule has 1 aliphatic heterocycles. The molecule has 29 heavy (non-hydrogen) atoms. The molecule has 7 nitrogen and oxygen atoms in total. The minimum atomic E-state index is -0.139. The molecule has 2 unspecified atom stereocenters. The molecule has 2 aromatic heterocycles. The molecule has 1 aliphatic rings. The van der Waals surface area contributed by atoms with Crippen molar-refractivity contribution < 1.29 is 0 Å². The zero-order valence-corrected chi connectivity index (χ0v) is 16.2. The van der Waals surface area contributed by atoms with Crippen LogP contribution in [-0.2, 0) is 0 Å². The average Bonchev–Trinajstić information content (AvgIpc) is 3.24. The zero-order chi connectivity index (χ0) is 19.8. The van der Waals surface area contributed by atoms with E-state index in [9.17, 15) is 0 Å². The Labute approximate surface area is 167 Å². The molecule has 0 radical (unpaired) electrons. The van der Waals surface area contributed by atoms with E-state index in [1.165, 1.54) is 11.9 Å². The minimum Gasteiger partial charge on any atom is -0.362 e. The van der Waals surface area contributed by atoms with Gasteiger partial charge in [0.05, 0.1) is 17.7 Å². The van der Waals surface area contributed by atoms with E-state index in [-0.39, 0.29) is 12.2 Å². The molecule has 0 aliphatic carbocycles. The summed E-state index contributed by atoms with van der Waals surface area (Å²) in [5.74, 6) is 0.721. The fraction of sp³-hybridized carbons (Fsp3) is 0.182. The van der Waals surface area contributed by atoms with Crippen LogP contribution in [0.4, 0.5) is 11.5 Å². The quantitative estimate of drug-likeness (QED) is 0.565. The lowest BCUT2D eigenvalue weighted by molar-refractivity contribution is 0.584. The predicted molar refractivity (Wildman–Crippen MR) is 114 cm³/mol. The first-order valence-electron chi connectivity index (χ1n) is 9.60. The highest BCUT2D eigenvalue weighted by molar-refractivity contribution is 5.82. The number of hydrogen-bond acceptors (Lipinski definition) is 6. The number of aromatic amines is 1. The van der Waals surface area contributed by atoms with Gasteiger partial charge in [0.25, 0.3) is 0 Å². The maximum atomic E-state index is 5.09. The molecule has 0 spiro atoms. The normalized spacial score (nSPS) is 16.6. The molecule has 0 saturated heterocycles. The summed E-state index contributed by atoms with van der Waals surface area (Å²) in [6.07, 6.45) is 5.21. The third-order valence-electron chi connectivity index (χ3n) is 5.21. The van der Waals surface area contributed by atoms with Crippen LogP contribution < -0.4 is 20.8 Å². The molecule has 2 aromatic carbocycles. The monoisotopic (exact) mass is 383 g/mol. The third kappa shape index (κ3) is 3.10. The van der Waals surface area contributed by atoms with E-state index in [1.807, 2.05) is 18.2 Å². The highest BCUT2D eigenvalue weighted by Gasteiger charge is 2.26. The van der Waals surface area contributed by atoms with Gasteiger partial charge in [0.2, 0.25) is 0 Å². The smallest absolute Gasteiger partial charge is 0.182 e. The first-order chi connectivity index (χ1) is 14.2. The van der Waals surface area contributed by atoms with Gasteiger partial charge in [-0.05, 0) is 37.6 Å². The number of benzene rings is 2. The molecular formula is C22H21N7. The number of nitrogens with zero attached hydrogens (tertiary/aromatic N) is 5. The average molecular weight is 383 g/mol. The molecule has 0 bridgehead atoms. The van der Waals surface area contributed by atoms with Gasteiger partial charge in [0.15, 0.2) is 11.5 Å². The Balaban J connectivity index is 1.58. The molecule has 7 heteroatoms. The van der Waals surface area contributed by atoms with E-state index >= 15 is 0 Å². The second kappa shape index (κ2) is 7.01. The molecule has 3 heterocycles. The summed E-state index contributed by atoms with van der Waals surface area (Å²) in [6, 6.07) is 16.5. The summed E-state index contributed by atoms with van der Waals surface area (Å²) in [5, 5.41) is 5.66. The second-order valence-electron chi connectivity index (χ2n) is 7.18. The SMILES string of the molecule is Cc1cccc2c1=CN(c1ccccc1)C(C(C)Nc1ncnc3nc[nH]c13)N=2. The number of H-pyrrole nitrogens is 1. The summed E-state index contributed by atoms with van der Waals surface area (Å²) in [6.45, 7) is 4.23. The molecule has 0 fully saturated rings. The van der Waals surface area contributed by atoms with Crippen LogP contribution in [0.15, 0.2) is 66.2 Å². The van der Waals surface area contributed by atoms with Gasteiger partial charge in [0.1, 0.15) is 18.0 Å². The molecule has 144 valence electrons. The lowest BCUT2D eigenvalue weighted by Gasteiger charge is -2.34. The zero-order valence-electron chi connectivity index (χ0n) is 16.2. The summed E-state index contributed by atoms with van der Waals surface area (Å²) in [5.41, 5.74) is 3.74. The van der Waals surface area contributed by atoms with Crippen LogP contribution in [0.2, 0.25) is 0 Å². The van der Waals surface area contributed by atoms with Gasteiger partial charge >= 0.3 is 0 Å². The summed E-state index contributed by atoms with van der Waals surface area (Å²) >= 11 is 0. The third-order valence-corrected chi connectivity index (χ3v) is 5.21. The van der Waals surface area contributed by atoms with E-state index in [0.29, 0.717) is 5.65 Å². The van der Waals surface area contributed by atoms with Gasteiger partial charge in [-0.3, -0.25) is 4.99 Å². The van der Waals surface area contributed by atoms with Crippen LogP contribution in [0, 0.1) is 6.92 Å². The van der Waals surface area contributed by atoms with Crippen molar-refractivity contribution in [1.82, 2.24) is 19.9 Å². The Morgan fingerprint density at radius 3 is 2.76 bits per heavy atom. The minimum absolute atomic E-state index is 0.0264. The first kappa shape index (κ1) is 17.4. The van der Waals surface area contributed by atoms with Crippen molar-refractivity contribution >= 4 is 28.9 Å². The van der Waals surface area contributed by atoms with E-state index < -0.39 is 0 Å². The number of nitrogens with one attached hydrogen (secondary N) is 2. The van der Waals surface area contributed by atoms with E-state index in [2.05, 4.69) is 80.5 Å². The van der Waals surface area contributed by atoms with Crippen LogP contribution >= 0.6 is 0 Å². The van der Waals surface area contributed by atoms with Crippen LogP contribution in [0.1, 0.15) is 12.5 Å². The molecule has 2 N–H and O–H groups in total. The number of fused-ring (bicyclic) bond motifs is 2. The number of aromatic nitrogens is 4.